The number of carbonyl (C=O) groups is 1. The Bertz CT molecular complexity index is 797. The maximum atomic E-state index is 12.8. The zero-order chi connectivity index (χ0) is 18.8. The molecule has 0 aliphatic carbocycles. The van der Waals surface area contributed by atoms with Crippen molar-refractivity contribution in [3.8, 4) is 5.88 Å². The van der Waals surface area contributed by atoms with Crippen molar-refractivity contribution in [2.24, 2.45) is 0 Å². The number of H-pyrrole nitrogens is 1. The number of carbonyl (C=O) groups excluding carboxylic acids is 1. The summed E-state index contributed by atoms with van der Waals surface area (Å²) in [5, 5.41) is 22.0. The van der Waals surface area contributed by atoms with Gasteiger partial charge in [0.2, 0.25) is 5.91 Å². The minimum absolute atomic E-state index is 0.0528. The van der Waals surface area contributed by atoms with Crippen molar-refractivity contribution >= 4 is 17.3 Å². The third-order valence-corrected chi connectivity index (χ3v) is 3.15. The Morgan fingerprint density at radius 3 is 2.72 bits per heavy atom. The summed E-state index contributed by atoms with van der Waals surface area (Å²) < 4.78 is 44.2. The number of aromatic amines is 1. The van der Waals surface area contributed by atoms with Gasteiger partial charge in [-0.3, -0.25) is 24.7 Å². The molecule has 0 fully saturated rings. The van der Waals surface area contributed by atoms with Crippen LogP contribution in [0.3, 0.4) is 0 Å². The van der Waals surface area contributed by atoms with Crippen LogP contribution in [-0.4, -0.2) is 37.9 Å². The summed E-state index contributed by atoms with van der Waals surface area (Å²) in [6.07, 6.45) is -3.91. The van der Waals surface area contributed by atoms with Gasteiger partial charge in [0, 0.05) is 6.42 Å². The maximum absolute atomic E-state index is 12.8. The molecule has 2 aromatic heterocycles. The molecule has 1 amide bonds. The summed E-state index contributed by atoms with van der Waals surface area (Å²) >= 11 is 0. The molecule has 2 aromatic rings. The maximum Gasteiger partial charge on any atom is 0.437 e. The highest BCUT2D eigenvalue weighted by Crippen LogP contribution is 2.34. The number of alkyl halides is 3. The average Bonchev–Trinajstić information content (AvgIpc) is 3.09. The largest absolute Gasteiger partial charge is 0.475 e. The number of hydrogen-bond acceptors (Lipinski definition) is 6. The van der Waals surface area contributed by atoms with Crippen molar-refractivity contribution < 1.29 is 27.6 Å². The van der Waals surface area contributed by atoms with Crippen molar-refractivity contribution in [3.63, 3.8) is 0 Å². The van der Waals surface area contributed by atoms with Crippen LogP contribution in [0.25, 0.3) is 0 Å². The number of ether oxygens (including phenoxy) is 1. The smallest absolute Gasteiger partial charge is 0.437 e. The molecule has 2 heterocycles. The van der Waals surface area contributed by atoms with Crippen LogP contribution < -0.4 is 10.1 Å². The normalized spacial score (nSPS) is 11.4. The van der Waals surface area contributed by atoms with Crippen LogP contribution in [0.4, 0.5) is 24.5 Å². The lowest BCUT2D eigenvalue weighted by atomic mass is 10.2. The van der Waals surface area contributed by atoms with E-state index in [1.54, 1.807) is 0 Å². The first kappa shape index (κ1) is 18.2. The molecule has 0 aromatic carbocycles. The molecular weight excluding hydrogens is 349 g/mol. The van der Waals surface area contributed by atoms with Crippen LogP contribution in [0.5, 0.6) is 5.88 Å². The minimum Gasteiger partial charge on any atom is -0.475 e. The van der Waals surface area contributed by atoms with E-state index >= 15 is 0 Å². The fraction of sp³-hybridized carbons (Fsp3) is 0.417. The Hall–Kier alpha value is -3.12. The minimum atomic E-state index is -4.72. The van der Waals surface area contributed by atoms with E-state index in [0.29, 0.717) is 0 Å². The van der Waals surface area contributed by atoms with Gasteiger partial charge in [-0.15, -0.1) is 5.10 Å². The van der Waals surface area contributed by atoms with Crippen LogP contribution in [-0.2, 0) is 17.5 Å². The lowest BCUT2D eigenvalue weighted by Crippen LogP contribution is -2.18. The van der Waals surface area contributed by atoms with Gasteiger partial charge in [-0.1, -0.05) is 0 Å². The van der Waals surface area contributed by atoms with Gasteiger partial charge in [0.25, 0.3) is 0 Å². The predicted molar refractivity (Wildman–Crippen MR) is 77.0 cm³/mol. The van der Waals surface area contributed by atoms with E-state index in [2.05, 4.69) is 20.6 Å². The topological polar surface area (TPSA) is 128 Å². The third kappa shape index (κ3) is 4.05. The second-order valence-corrected chi connectivity index (χ2v) is 4.91. The molecular formula is C12H13F3N6O4. The van der Waals surface area contributed by atoms with Crippen molar-refractivity contribution in [1.29, 1.82) is 0 Å². The van der Waals surface area contributed by atoms with E-state index in [1.807, 2.05) is 0 Å². The molecule has 0 aliphatic rings. The molecule has 0 saturated heterocycles. The molecule has 0 spiro atoms. The first-order valence-corrected chi connectivity index (χ1v) is 6.81. The Kier molecular flexibility index (Phi) is 4.94. The monoisotopic (exact) mass is 362 g/mol. The standard InChI is InChI=1S/C12H13F3N6O4/c1-6-9(10(18-17-6)12(13,14)15)16-8(22)3-4-20-5-7(21(23)24)11(19-20)25-2/h5H,3-4H2,1-2H3,(H,16,22)(H,17,18). The second kappa shape index (κ2) is 6.78. The highest BCUT2D eigenvalue weighted by Gasteiger charge is 2.38. The first-order valence-electron chi connectivity index (χ1n) is 6.81. The quantitative estimate of drug-likeness (QED) is 0.596. The molecule has 0 atom stereocenters. The highest BCUT2D eigenvalue weighted by atomic mass is 19.4. The summed E-state index contributed by atoms with van der Waals surface area (Å²) in [6, 6.07) is 0. The number of aryl methyl sites for hydroxylation is 2. The third-order valence-electron chi connectivity index (χ3n) is 3.15. The van der Waals surface area contributed by atoms with Crippen LogP contribution in [0.15, 0.2) is 6.20 Å². The zero-order valence-corrected chi connectivity index (χ0v) is 13.0. The van der Waals surface area contributed by atoms with E-state index in [0.717, 1.165) is 10.9 Å². The number of rotatable bonds is 6. The summed E-state index contributed by atoms with van der Waals surface area (Å²) in [6.45, 7) is 1.24. The Morgan fingerprint density at radius 1 is 1.52 bits per heavy atom. The van der Waals surface area contributed by atoms with E-state index in [9.17, 15) is 28.1 Å². The molecule has 0 aliphatic heterocycles. The molecule has 2 N–H and O–H groups in total. The van der Waals surface area contributed by atoms with Crippen molar-refractivity contribution in [1.82, 2.24) is 20.0 Å². The number of aromatic nitrogens is 4. The van der Waals surface area contributed by atoms with Gasteiger partial charge in [0.05, 0.1) is 30.0 Å². The number of anilines is 1. The van der Waals surface area contributed by atoms with Gasteiger partial charge in [0.1, 0.15) is 6.20 Å². The van der Waals surface area contributed by atoms with Gasteiger partial charge >= 0.3 is 17.7 Å². The fourth-order valence-corrected chi connectivity index (χ4v) is 1.98. The lowest BCUT2D eigenvalue weighted by molar-refractivity contribution is -0.385. The van der Waals surface area contributed by atoms with Crippen molar-refractivity contribution in [3.05, 3.63) is 27.7 Å². The van der Waals surface area contributed by atoms with Crippen LogP contribution >= 0.6 is 0 Å². The molecule has 2 rings (SSSR count). The van der Waals surface area contributed by atoms with E-state index in [4.69, 9.17) is 4.74 Å². The first-order chi connectivity index (χ1) is 11.6. The van der Waals surface area contributed by atoms with Gasteiger partial charge < -0.3 is 10.1 Å². The van der Waals surface area contributed by atoms with Crippen molar-refractivity contribution in [2.75, 3.05) is 12.4 Å². The van der Waals surface area contributed by atoms with Crippen molar-refractivity contribution in [2.45, 2.75) is 26.1 Å². The number of hydrogen-bond donors (Lipinski definition) is 2. The van der Waals surface area contributed by atoms with Crippen LogP contribution in [0.1, 0.15) is 17.8 Å². The summed E-state index contributed by atoms with van der Waals surface area (Å²) in [5.41, 5.74) is -2.01. The van der Waals surface area contributed by atoms with E-state index in [-0.39, 0.29) is 30.2 Å². The summed E-state index contributed by atoms with van der Waals surface area (Å²) in [7, 11) is 1.20. The number of methoxy groups -OCH3 is 1. The van der Waals surface area contributed by atoms with Gasteiger partial charge in [-0.2, -0.15) is 18.3 Å². The number of nitro groups is 1. The molecule has 0 bridgehead atoms. The fourth-order valence-electron chi connectivity index (χ4n) is 1.98. The van der Waals surface area contributed by atoms with Gasteiger partial charge in [-0.05, 0) is 6.92 Å². The van der Waals surface area contributed by atoms with E-state index < -0.39 is 28.4 Å². The van der Waals surface area contributed by atoms with Crippen LogP contribution in [0.2, 0.25) is 0 Å². The zero-order valence-electron chi connectivity index (χ0n) is 13.0. The average molecular weight is 362 g/mol. The lowest BCUT2D eigenvalue weighted by Gasteiger charge is -2.09. The van der Waals surface area contributed by atoms with Gasteiger partial charge in [-0.25, -0.2) is 0 Å². The molecule has 136 valence electrons. The second-order valence-electron chi connectivity index (χ2n) is 4.91. The molecule has 0 radical (unpaired) electrons. The number of nitrogens with one attached hydrogen (secondary N) is 2. The summed E-state index contributed by atoms with van der Waals surface area (Å²) in [4.78, 5) is 22.0. The Morgan fingerprint density at radius 2 is 2.20 bits per heavy atom. The number of halogens is 3. The molecule has 10 nitrogen and oxygen atoms in total. The predicted octanol–water partition coefficient (Wildman–Crippen LogP) is 1.88. The molecule has 0 unspecified atom stereocenters. The molecule has 0 saturated carbocycles. The number of nitrogens with zero attached hydrogens (tertiary/aromatic N) is 4. The number of amides is 1. The SMILES string of the molecule is COc1nn(CCC(=O)Nc2c(C(F)(F)F)n[nH]c2C)cc1[N+](=O)[O-]. The van der Waals surface area contributed by atoms with Gasteiger partial charge in [0.15, 0.2) is 5.69 Å². The Labute approximate surface area is 138 Å². The highest BCUT2D eigenvalue weighted by molar-refractivity contribution is 5.91. The molecule has 13 heteroatoms. The molecule has 25 heavy (non-hydrogen) atoms. The van der Waals surface area contributed by atoms with E-state index in [1.165, 1.54) is 14.0 Å². The summed E-state index contributed by atoms with van der Waals surface area (Å²) in [5.74, 6) is -0.956. The van der Waals surface area contributed by atoms with Crippen LogP contribution in [0, 0.1) is 17.0 Å². The Balaban J connectivity index is 2.05.